The molecule has 140 valence electrons. The van der Waals surface area contributed by atoms with E-state index in [1.807, 2.05) is 55.5 Å². The van der Waals surface area contributed by atoms with Crippen LogP contribution in [-0.4, -0.2) is 41.5 Å². The Bertz CT molecular complexity index is 911. The van der Waals surface area contributed by atoms with E-state index in [-0.39, 0.29) is 18.1 Å². The molecule has 0 saturated carbocycles. The average Bonchev–Trinajstić information content (AvgIpc) is 3.10. The minimum atomic E-state index is -0.268. The first kappa shape index (κ1) is 18.4. The third-order valence-electron chi connectivity index (χ3n) is 4.79. The molecule has 1 aliphatic rings. The second kappa shape index (κ2) is 7.94. The second-order valence-electron chi connectivity index (χ2n) is 6.56. The van der Waals surface area contributed by atoms with Crippen molar-refractivity contribution >= 4 is 44.2 Å². The van der Waals surface area contributed by atoms with Crippen LogP contribution in [0, 0.1) is 0 Å². The Labute approximate surface area is 166 Å². The van der Waals surface area contributed by atoms with Gasteiger partial charge in [0.1, 0.15) is 0 Å². The van der Waals surface area contributed by atoms with E-state index in [9.17, 15) is 4.79 Å². The van der Waals surface area contributed by atoms with Gasteiger partial charge in [0.2, 0.25) is 5.91 Å². The monoisotopic (exact) mass is 401 g/mol. The molecule has 1 aromatic heterocycles. The van der Waals surface area contributed by atoms with Gasteiger partial charge < -0.3 is 10.1 Å². The molecule has 1 N–H and O–H groups in total. The van der Waals surface area contributed by atoms with Crippen molar-refractivity contribution in [2.24, 2.45) is 0 Å². The van der Waals surface area contributed by atoms with Crippen molar-refractivity contribution in [1.82, 2.24) is 9.88 Å². The molecule has 4 rings (SSSR count). The summed E-state index contributed by atoms with van der Waals surface area (Å²) in [5.41, 5.74) is 1.97. The van der Waals surface area contributed by atoms with Crippen LogP contribution in [0.2, 0.25) is 5.02 Å². The smallest absolute Gasteiger partial charge is 0.243 e. The van der Waals surface area contributed by atoms with E-state index in [4.69, 9.17) is 16.3 Å². The summed E-state index contributed by atoms with van der Waals surface area (Å²) < 4.78 is 6.96. The molecule has 1 fully saturated rings. The van der Waals surface area contributed by atoms with Crippen molar-refractivity contribution < 1.29 is 9.53 Å². The highest BCUT2D eigenvalue weighted by Gasteiger charge is 2.29. The fraction of sp³-hybridized carbons (Fsp3) is 0.300. The molecule has 7 heteroatoms. The minimum absolute atomic E-state index is 0.0502. The maximum atomic E-state index is 12.7. The average molecular weight is 402 g/mol. The molecule has 0 radical (unpaired) electrons. The molecule has 3 aromatic rings. The van der Waals surface area contributed by atoms with Crippen molar-refractivity contribution in [3.8, 4) is 0 Å². The molecule has 0 spiro atoms. The van der Waals surface area contributed by atoms with Crippen molar-refractivity contribution in [1.29, 1.82) is 0 Å². The third kappa shape index (κ3) is 4.14. The number of amides is 1. The standard InChI is InChI=1S/C20H20ClN3O2S/c1-13(19(25)23-20-22-16-4-2-3-5-18(16)27-20)24-10-11-26-17(12-24)14-6-8-15(21)9-7-14/h2-9,13,17H,10-12H2,1H3,(H,22,23,25). The van der Waals surface area contributed by atoms with E-state index >= 15 is 0 Å². The fourth-order valence-electron chi connectivity index (χ4n) is 3.20. The largest absolute Gasteiger partial charge is 0.371 e. The number of hydrogen-bond acceptors (Lipinski definition) is 5. The minimum Gasteiger partial charge on any atom is -0.371 e. The number of halogens is 1. The second-order valence-corrected chi connectivity index (χ2v) is 8.02. The molecule has 2 heterocycles. The molecule has 2 aromatic carbocycles. The van der Waals surface area contributed by atoms with Gasteiger partial charge in [-0.3, -0.25) is 9.69 Å². The number of aromatic nitrogens is 1. The van der Waals surface area contributed by atoms with Crippen molar-refractivity contribution in [3.05, 3.63) is 59.1 Å². The van der Waals surface area contributed by atoms with E-state index in [1.54, 1.807) is 0 Å². The van der Waals surface area contributed by atoms with Gasteiger partial charge in [-0.15, -0.1) is 0 Å². The van der Waals surface area contributed by atoms with Crippen LogP contribution in [0.1, 0.15) is 18.6 Å². The van der Waals surface area contributed by atoms with Crippen LogP contribution in [0.5, 0.6) is 0 Å². The number of carbonyl (C=O) groups is 1. The molecule has 2 unspecified atom stereocenters. The summed E-state index contributed by atoms with van der Waals surface area (Å²) in [4.78, 5) is 19.4. The lowest BCUT2D eigenvalue weighted by atomic mass is 10.1. The Hall–Kier alpha value is -1.99. The predicted molar refractivity (Wildman–Crippen MR) is 109 cm³/mol. The third-order valence-corrected chi connectivity index (χ3v) is 5.99. The highest BCUT2D eigenvalue weighted by atomic mass is 35.5. The number of carbonyl (C=O) groups excluding carboxylic acids is 1. The molecular weight excluding hydrogens is 382 g/mol. The van der Waals surface area contributed by atoms with Gasteiger partial charge in [0.15, 0.2) is 5.13 Å². The summed E-state index contributed by atoms with van der Waals surface area (Å²) in [6.07, 6.45) is -0.0614. The van der Waals surface area contributed by atoms with Gasteiger partial charge in [-0.2, -0.15) is 0 Å². The van der Waals surface area contributed by atoms with E-state index in [1.165, 1.54) is 11.3 Å². The van der Waals surface area contributed by atoms with Crippen LogP contribution in [0.4, 0.5) is 5.13 Å². The van der Waals surface area contributed by atoms with Gasteiger partial charge in [-0.1, -0.05) is 47.2 Å². The number of benzene rings is 2. The lowest BCUT2D eigenvalue weighted by Crippen LogP contribution is -2.48. The molecule has 1 amide bonds. The van der Waals surface area contributed by atoms with Crippen LogP contribution in [0.15, 0.2) is 48.5 Å². The van der Waals surface area contributed by atoms with E-state index in [0.717, 1.165) is 22.3 Å². The zero-order valence-electron chi connectivity index (χ0n) is 14.9. The van der Waals surface area contributed by atoms with E-state index in [2.05, 4.69) is 15.2 Å². The number of morpholine rings is 1. The molecule has 27 heavy (non-hydrogen) atoms. The molecule has 2 atom stereocenters. The first-order valence-corrected chi connectivity index (χ1v) is 10.1. The predicted octanol–water partition coefficient (Wildman–Crippen LogP) is 4.35. The molecule has 5 nitrogen and oxygen atoms in total. The number of ether oxygens (including phenoxy) is 1. The number of nitrogens with zero attached hydrogens (tertiary/aromatic N) is 2. The topological polar surface area (TPSA) is 54.5 Å². The molecular formula is C20H20ClN3O2S. The van der Waals surface area contributed by atoms with Crippen LogP contribution in [0.25, 0.3) is 10.2 Å². The molecule has 0 aliphatic carbocycles. The lowest BCUT2D eigenvalue weighted by molar-refractivity contribution is -0.124. The first-order valence-electron chi connectivity index (χ1n) is 8.88. The van der Waals surface area contributed by atoms with Gasteiger partial charge in [-0.25, -0.2) is 4.98 Å². The lowest BCUT2D eigenvalue weighted by Gasteiger charge is -2.36. The fourth-order valence-corrected chi connectivity index (χ4v) is 4.20. The Morgan fingerprint density at radius 2 is 2.07 bits per heavy atom. The Morgan fingerprint density at radius 3 is 2.85 bits per heavy atom. The summed E-state index contributed by atoms with van der Waals surface area (Å²) in [5.74, 6) is -0.0502. The summed E-state index contributed by atoms with van der Waals surface area (Å²) in [6, 6.07) is 15.3. The maximum absolute atomic E-state index is 12.7. The summed E-state index contributed by atoms with van der Waals surface area (Å²) in [6.45, 7) is 3.90. The highest BCUT2D eigenvalue weighted by molar-refractivity contribution is 7.22. The Balaban J connectivity index is 1.42. The molecule has 1 aliphatic heterocycles. The maximum Gasteiger partial charge on any atom is 0.243 e. The quantitative estimate of drug-likeness (QED) is 0.706. The highest BCUT2D eigenvalue weighted by Crippen LogP contribution is 2.27. The summed E-state index contributed by atoms with van der Waals surface area (Å²) in [7, 11) is 0. The zero-order chi connectivity index (χ0) is 18.8. The van der Waals surface area contributed by atoms with Crippen LogP contribution in [0.3, 0.4) is 0 Å². The SMILES string of the molecule is CC(C(=O)Nc1nc2ccccc2s1)N1CCOC(c2ccc(Cl)cc2)C1. The number of hydrogen-bond donors (Lipinski definition) is 1. The van der Waals surface area contributed by atoms with Gasteiger partial charge in [0.05, 0.1) is 29.0 Å². The molecule has 1 saturated heterocycles. The van der Waals surface area contributed by atoms with Gasteiger partial charge in [0, 0.05) is 18.1 Å². The number of rotatable bonds is 4. The van der Waals surface area contributed by atoms with Crippen LogP contribution < -0.4 is 5.32 Å². The Kier molecular flexibility index (Phi) is 5.41. The van der Waals surface area contributed by atoms with Crippen molar-refractivity contribution in [2.45, 2.75) is 19.1 Å². The van der Waals surface area contributed by atoms with Crippen LogP contribution >= 0.6 is 22.9 Å². The van der Waals surface area contributed by atoms with Gasteiger partial charge >= 0.3 is 0 Å². The normalized spacial score (nSPS) is 19.1. The molecule has 0 bridgehead atoms. The van der Waals surface area contributed by atoms with E-state index < -0.39 is 0 Å². The van der Waals surface area contributed by atoms with Crippen molar-refractivity contribution in [2.75, 3.05) is 25.0 Å². The number of thiazole rings is 1. The Morgan fingerprint density at radius 1 is 1.30 bits per heavy atom. The first-order chi connectivity index (χ1) is 13.1. The number of para-hydroxylation sites is 1. The number of nitrogens with one attached hydrogen (secondary N) is 1. The van der Waals surface area contributed by atoms with Crippen molar-refractivity contribution in [3.63, 3.8) is 0 Å². The summed E-state index contributed by atoms with van der Waals surface area (Å²) in [5, 5.41) is 4.30. The summed E-state index contributed by atoms with van der Waals surface area (Å²) >= 11 is 7.46. The number of fused-ring (bicyclic) bond motifs is 1. The number of anilines is 1. The van der Waals surface area contributed by atoms with Gasteiger partial charge in [0.25, 0.3) is 0 Å². The van der Waals surface area contributed by atoms with Gasteiger partial charge in [-0.05, 0) is 36.8 Å². The van der Waals surface area contributed by atoms with E-state index in [0.29, 0.717) is 23.3 Å². The zero-order valence-corrected chi connectivity index (χ0v) is 16.5. The van der Waals surface area contributed by atoms with Crippen LogP contribution in [-0.2, 0) is 9.53 Å².